The molecule has 6 aliphatic rings. The molecule has 18 nitrogen and oxygen atoms in total. The predicted molar refractivity (Wildman–Crippen MR) is 293 cm³/mol. The van der Waals surface area contributed by atoms with E-state index in [1.165, 1.54) is 7.11 Å². The van der Waals surface area contributed by atoms with E-state index in [1.54, 1.807) is 17.2 Å². The fraction of sp³-hybridized carbons (Fsp3) is 0.508. The zero-order valence-electron chi connectivity index (χ0n) is 45.1. The second kappa shape index (κ2) is 22.3. The number of aromatic nitrogens is 3. The number of pyridine rings is 1. The van der Waals surface area contributed by atoms with E-state index in [4.69, 9.17) is 40.3 Å². The minimum absolute atomic E-state index is 0.00452. The van der Waals surface area contributed by atoms with Crippen molar-refractivity contribution >= 4 is 57.0 Å². The van der Waals surface area contributed by atoms with Crippen molar-refractivity contribution in [1.29, 1.82) is 0 Å². The Hall–Kier alpha value is -7.14. The summed E-state index contributed by atoms with van der Waals surface area (Å²) in [5, 5.41) is 4.24. The molecule has 1 N–H and O–H groups in total. The van der Waals surface area contributed by atoms with Crippen LogP contribution >= 0.6 is 0 Å². The molecule has 410 valence electrons. The van der Waals surface area contributed by atoms with Crippen molar-refractivity contribution in [2.24, 2.45) is 0 Å². The number of fused-ring (bicyclic) bond motifs is 5. The number of anilines is 2. The molecule has 5 fully saturated rings. The maximum Gasteiger partial charge on any atom is 0.410 e. The van der Waals surface area contributed by atoms with E-state index in [0.717, 1.165) is 107 Å². The summed E-state index contributed by atoms with van der Waals surface area (Å²) >= 11 is 0. The van der Waals surface area contributed by atoms with E-state index in [1.807, 2.05) is 62.1 Å². The van der Waals surface area contributed by atoms with Crippen LogP contribution in [0.1, 0.15) is 100 Å². The minimum atomic E-state index is -0.642. The van der Waals surface area contributed by atoms with E-state index in [2.05, 4.69) is 36.9 Å². The van der Waals surface area contributed by atoms with Gasteiger partial charge in [-0.15, -0.1) is 6.42 Å². The van der Waals surface area contributed by atoms with Crippen molar-refractivity contribution in [3.63, 3.8) is 0 Å². The summed E-state index contributed by atoms with van der Waals surface area (Å²) in [7, 11) is 1.54. The number of hydrogen-bond acceptors (Lipinski definition) is 15. The van der Waals surface area contributed by atoms with E-state index in [-0.39, 0.29) is 66.5 Å². The fourth-order valence-electron chi connectivity index (χ4n) is 12.5. The number of imide groups is 1. The molecule has 5 aromatic rings. The predicted octanol–water partition coefficient (Wildman–Crippen LogP) is 7.13. The summed E-state index contributed by atoms with van der Waals surface area (Å²) in [5.74, 6) is 2.26. The number of amides is 4. The molecule has 0 aliphatic carbocycles. The lowest BCUT2D eigenvalue weighted by molar-refractivity contribution is -0.136. The Morgan fingerprint density at radius 2 is 1.68 bits per heavy atom. The monoisotopic (exact) mass is 1060 g/mol. The number of nitrogens with zero attached hydrogens (tertiary/aromatic N) is 9. The van der Waals surface area contributed by atoms with Crippen molar-refractivity contribution in [2.75, 3.05) is 89.2 Å². The molecular weight excluding hydrogens is 996 g/mol. The second-order valence-corrected chi connectivity index (χ2v) is 22.5. The van der Waals surface area contributed by atoms with Gasteiger partial charge in [-0.25, -0.2) is 9.18 Å². The smallest absolute Gasteiger partial charge is 0.410 e. The Labute approximate surface area is 454 Å². The third kappa shape index (κ3) is 10.9. The largest absolute Gasteiger partial charge is 0.468 e. The Kier molecular flexibility index (Phi) is 15.1. The van der Waals surface area contributed by atoms with Crippen LogP contribution in [0.3, 0.4) is 0 Å². The standard InChI is InChI=1S/C59H69FN10O8/c1-6-37-12-10-13-38-29-44(77-36-75-5)30-46(50(37)38)52-51(60)53-47(31-61-52)54(68-33-41-15-16-42(34-68)70(41)58(74)78-59(2,3)4)64-57(63-53)76-35-43-14-11-23-66(43)22-9-7-8-21-65-24-26-67(27-25-65)40-17-18-45-39(28-40)32-69(56(45)73)48-19-20-49(71)62-55(48)72/h1,10,12-13,17-18,28-31,41-43,48H,7-9,11,14-16,19-27,32-36H2,2-5H3,(H,62,71,72)/t41?,42?,43-,48-/m0/s1. The van der Waals surface area contributed by atoms with Gasteiger partial charge in [0.25, 0.3) is 5.91 Å². The molecule has 2 bridgehead atoms. The summed E-state index contributed by atoms with van der Waals surface area (Å²) in [6.45, 7) is 13.9. The fourth-order valence-corrected chi connectivity index (χ4v) is 12.5. The summed E-state index contributed by atoms with van der Waals surface area (Å²) in [6.07, 6.45) is 14.8. The number of halogens is 1. The van der Waals surface area contributed by atoms with Gasteiger partial charge in [-0.05, 0) is 133 Å². The summed E-state index contributed by atoms with van der Waals surface area (Å²) in [6, 6.07) is 14.5. The molecule has 11 rings (SSSR count). The van der Waals surface area contributed by atoms with E-state index < -0.39 is 23.4 Å². The van der Waals surface area contributed by atoms with Gasteiger partial charge in [0.05, 0.1) is 17.5 Å². The lowest BCUT2D eigenvalue weighted by Crippen LogP contribution is -2.57. The molecule has 19 heteroatoms. The Balaban J connectivity index is 0.740. The molecule has 0 spiro atoms. The Morgan fingerprint density at radius 1 is 0.885 bits per heavy atom. The summed E-state index contributed by atoms with van der Waals surface area (Å²) < 4.78 is 41.1. The first-order valence-electron chi connectivity index (χ1n) is 27.6. The van der Waals surface area contributed by atoms with Crippen molar-refractivity contribution in [3.8, 4) is 35.4 Å². The van der Waals surface area contributed by atoms with Gasteiger partial charge >= 0.3 is 12.1 Å². The highest BCUT2D eigenvalue weighted by Gasteiger charge is 2.45. The number of piperazine rings is 2. The molecule has 8 heterocycles. The van der Waals surface area contributed by atoms with E-state index >= 15 is 4.39 Å². The Morgan fingerprint density at radius 3 is 2.44 bits per heavy atom. The molecule has 4 atom stereocenters. The van der Waals surface area contributed by atoms with Gasteiger partial charge in [-0.3, -0.25) is 39.4 Å². The molecule has 2 unspecified atom stereocenters. The number of hydrogen-bond donors (Lipinski definition) is 1. The third-order valence-corrected chi connectivity index (χ3v) is 16.3. The first kappa shape index (κ1) is 52.9. The maximum absolute atomic E-state index is 17.6. The Bertz CT molecular complexity index is 3160. The van der Waals surface area contributed by atoms with Crippen LogP contribution in [0.2, 0.25) is 0 Å². The number of unbranched alkanes of at least 4 members (excludes halogenated alkanes) is 2. The highest BCUT2D eigenvalue weighted by Crippen LogP contribution is 2.41. The molecule has 3 aromatic carbocycles. The number of nitrogens with one attached hydrogen (secondary N) is 1. The quantitative estimate of drug-likeness (QED) is 0.0457. The van der Waals surface area contributed by atoms with Crippen LogP contribution in [0.25, 0.3) is 32.9 Å². The average molecular weight is 1070 g/mol. The zero-order chi connectivity index (χ0) is 54.2. The van der Waals surface area contributed by atoms with Crippen LogP contribution in [-0.4, -0.2) is 168 Å². The molecule has 0 radical (unpaired) electrons. The van der Waals surface area contributed by atoms with Crippen molar-refractivity contribution in [1.82, 2.24) is 39.9 Å². The number of benzene rings is 3. The lowest BCUT2D eigenvalue weighted by Gasteiger charge is -2.42. The average Bonchev–Trinajstić information content (AvgIpc) is 4.10. The lowest BCUT2D eigenvalue weighted by atomic mass is 9.96. The van der Waals surface area contributed by atoms with Crippen LogP contribution in [0.4, 0.5) is 20.7 Å². The van der Waals surface area contributed by atoms with Crippen molar-refractivity contribution < 1.29 is 42.5 Å². The molecule has 78 heavy (non-hydrogen) atoms. The van der Waals surface area contributed by atoms with Crippen molar-refractivity contribution in [2.45, 2.75) is 115 Å². The van der Waals surface area contributed by atoms with Gasteiger partial charge in [0.15, 0.2) is 12.6 Å². The number of ether oxygens (including phenoxy) is 4. The van der Waals surface area contributed by atoms with E-state index in [9.17, 15) is 19.2 Å². The third-order valence-electron chi connectivity index (χ3n) is 16.3. The normalized spacial score (nSPS) is 21.9. The van der Waals surface area contributed by atoms with Crippen LogP contribution in [0, 0.1) is 18.2 Å². The van der Waals surface area contributed by atoms with Crippen LogP contribution in [0.5, 0.6) is 11.8 Å². The second-order valence-electron chi connectivity index (χ2n) is 22.5. The van der Waals surface area contributed by atoms with Gasteiger partial charge in [-0.1, -0.05) is 24.5 Å². The maximum atomic E-state index is 17.6. The number of methoxy groups -OCH3 is 1. The molecular formula is C59H69FN10O8. The minimum Gasteiger partial charge on any atom is -0.468 e. The van der Waals surface area contributed by atoms with Crippen LogP contribution in [0.15, 0.2) is 54.7 Å². The molecule has 6 aliphatic heterocycles. The number of piperidine rings is 1. The SMILES string of the molecule is C#Cc1cccc2cc(OCOC)cc(-c3ncc4c(N5CC6CCC(C5)N6C(=O)OC(C)(C)C)nc(OC[C@@H]5CCCN5CCCCCN5CCN(c6ccc7c(c6)CN([C@H]6CCC(=O)NC6=O)C7=O)CC5)nc4c3F)c12. The molecule has 0 saturated carbocycles. The van der Waals surface area contributed by atoms with Gasteiger partial charge in [0.2, 0.25) is 11.8 Å². The van der Waals surface area contributed by atoms with Crippen molar-refractivity contribution in [3.05, 3.63) is 77.2 Å². The summed E-state index contributed by atoms with van der Waals surface area (Å²) in [5.41, 5.74) is 3.18. The van der Waals surface area contributed by atoms with Crippen LogP contribution < -0.4 is 24.6 Å². The summed E-state index contributed by atoms with van der Waals surface area (Å²) in [4.78, 5) is 78.6. The molecule has 4 amide bonds. The number of rotatable bonds is 16. The number of carbonyl (C=O) groups excluding carboxylic acids is 4. The number of carbonyl (C=O) groups is 4. The van der Waals surface area contributed by atoms with E-state index in [0.29, 0.717) is 71.7 Å². The van der Waals surface area contributed by atoms with Gasteiger partial charge in [0, 0.05) is 99.3 Å². The highest BCUT2D eigenvalue weighted by molar-refractivity contribution is 6.06. The number of terminal acetylenes is 1. The number of likely N-dealkylation sites (tertiary alicyclic amines) is 1. The molecule has 5 saturated heterocycles. The first-order chi connectivity index (χ1) is 37.7. The molecule has 2 aromatic heterocycles. The first-order valence-corrected chi connectivity index (χ1v) is 27.6. The van der Waals surface area contributed by atoms with Gasteiger partial charge in [-0.2, -0.15) is 9.97 Å². The van der Waals surface area contributed by atoms with Gasteiger partial charge in [0.1, 0.15) is 41.0 Å². The van der Waals surface area contributed by atoms with Gasteiger partial charge < -0.3 is 33.6 Å². The topological polar surface area (TPSA) is 175 Å². The highest BCUT2D eigenvalue weighted by atomic mass is 19.1. The van der Waals surface area contributed by atoms with Crippen LogP contribution in [-0.2, 0) is 25.6 Å². The zero-order valence-corrected chi connectivity index (χ0v) is 45.1.